The number of carbonyl (C=O) groups excluding carboxylic acids is 2. The fourth-order valence-electron chi connectivity index (χ4n) is 2.15. The van der Waals surface area contributed by atoms with E-state index in [1.165, 1.54) is 23.9 Å². The predicted molar refractivity (Wildman–Crippen MR) is 117 cm³/mol. The van der Waals surface area contributed by atoms with Crippen LogP contribution in [0.2, 0.25) is 0 Å². The number of unbranched alkanes of at least 4 members (excludes halogenated alkanes) is 1. The maximum absolute atomic E-state index is 14.4. The van der Waals surface area contributed by atoms with Crippen LogP contribution in [0.4, 0.5) is 14.9 Å². The van der Waals surface area contributed by atoms with Gasteiger partial charge in [0.1, 0.15) is 11.6 Å². The molecule has 0 spiro atoms. The fraction of sp³-hybridized carbons (Fsp3) is 0.450. The van der Waals surface area contributed by atoms with Gasteiger partial charge in [-0.05, 0) is 38.0 Å². The van der Waals surface area contributed by atoms with Crippen LogP contribution in [0.1, 0.15) is 52.0 Å². The maximum Gasteiger partial charge on any atom is 0.346 e. The van der Waals surface area contributed by atoms with Crippen molar-refractivity contribution in [2.24, 2.45) is 15.0 Å². The number of amides is 2. The van der Waals surface area contributed by atoms with Gasteiger partial charge in [0.25, 0.3) is 0 Å². The highest BCUT2D eigenvalue weighted by Gasteiger charge is 2.10. The predicted octanol–water partition coefficient (Wildman–Crippen LogP) is 5.13. The second kappa shape index (κ2) is 12.9. The molecule has 152 valence electrons. The normalized spacial score (nSPS) is 12.5. The number of Topliss-reactive ketones (excluding diaryl/α,β-unsaturated/α-hetero) is 1. The third-order valence-electron chi connectivity index (χ3n) is 3.54. The molecule has 1 rings (SSSR count). The van der Waals surface area contributed by atoms with Gasteiger partial charge in [0.05, 0.1) is 16.5 Å². The Morgan fingerprint density at radius 2 is 2.00 bits per heavy atom. The molecular weight excluding hydrogens is 379 g/mol. The summed E-state index contributed by atoms with van der Waals surface area (Å²) < 4.78 is 14.4. The number of halogens is 1. The Bertz CT molecular complexity index is 775. The molecule has 0 bridgehead atoms. The quantitative estimate of drug-likeness (QED) is 0.480. The second-order valence-electron chi connectivity index (χ2n) is 5.98. The Balaban J connectivity index is 2.75. The SMILES string of the molecule is CCCC=NC(=NC)c1ccc(NC(=O)/N=C(/C)SCC(=O)CCC)c(F)c1. The lowest BCUT2D eigenvalue weighted by Gasteiger charge is -2.07. The fourth-order valence-corrected chi connectivity index (χ4v) is 2.81. The monoisotopic (exact) mass is 406 g/mol. The molecule has 0 atom stereocenters. The van der Waals surface area contributed by atoms with E-state index in [1.54, 1.807) is 26.3 Å². The minimum Gasteiger partial charge on any atom is -0.303 e. The van der Waals surface area contributed by atoms with Gasteiger partial charge in [0.2, 0.25) is 0 Å². The molecule has 0 aromatic heterocycles. The highest BCUT2D eigenvalue weighted by atomic mass is 32.2. The van der Waals surface area contributed by atoms with Crippen LogP contribution in [-0.4, -0.2) is 41.7 Å². The zero-order chi connectivity index (χ0) is 20.9. The Hall–Kier alpha value is -2.35. The molecule has 0 unspecified atom stereocenters. The van der Waals surface area contributed by atoms with Crippen LogP contribution in [0.5, 0.6) is 0 Å². The first kappa shape index (κ1) is 23.7. The largest absolute Gasteiger partial charge is 0.346 e. The molecule has 0 saturated carbocycles. The molecule has 0 fully saturated rings. The Kier molecular flexibility index (Phi) is 10.9. The van der Waals surface area contributed by atoms with E-state index in [0.29, 0.717) is 22.9 Å². The van der Waals surface area contributed by atoms with Crippen LogP contribution < -0.4 is 5.32 Å². The summed E-state index contributed by atoms with van der Waals surface area (Å²) in [6.45, 7) is 5.61. The molecule has 0 aliphatic heterocycles. The van der Waals surface area contributed by atoms with Crippen LogP contribution in [0.25, 0.3) is 0 Å². The summed E-state index contributed by atoms with van der Waals surface area (Å²) in [5.41, 5.74) is 0.542. The molecule has 2 amide bonds. The van der Waals surface area contributed by atoms with E-state index in [9.17, 15) is 14.0 Å². The van der Waals surface area contributed by atoms with Crippen LogP contribution >= 0.6 is 11.8 Å². The number of hydrogen-bond donors (Lipinski definition) is 1. The average molecular weight is 407 g/mol. The average Bonchev–Trinajstić information content (AvgIpc) is 2.65. The lowest BCUT2D eigenvalue weighted by atomic mass is 10.1. The summed E-state index contributed by atoms with van der Waals surface area (Å²) >= 11 is 1.20. The number of ketones is 1. The molecule has 0 aliphatic rings. The van der Waals surface area contributed by atoms with Crippen molar-refractivity contribution in [1.29, 1.82) is 0 Å². The van der Waals surface area contributed by atoms with Gasteiger partial charge in [-0.2, -0.15) is 4.99 Å². The van der Waals surface area contributed by atoms with Crippen molar-refractivity contribution >= 4 is 46.4 Å². The van der Waals surface area contributed by atoms with Crippen molar-refractivity contribution in [3.05, 3.63) is 29.6 Å². The van der Waals surface area contributed by atoms with Gasteiger partial charge in [-0.3, -0.25) is 9.79 Å². The number of hydrogen-bond acceptors (Lipinski definition) is 4. The van der Waals surface area contributed by atoms with Gasteiger partial charge in [-0.1, -0.05) is 20.3 Å². The lowest BCUT2D eigenvalue weighted by molar-refractivity contribution is -0.116. The summed E-state index contributed by atoms with van der Waals surface area (Å²) in [6, 6.07) is 3.67. The third kappa shape index (κ3) is 8.56. The van der Waals surface area contributed by atoms with E-state index in [1.807, 2.05) is 13.8 Å². The van der Waals surface area contributed by atoms with Crippen molar-refractivity contribution in [2.75, 3.05) is 18.1 Å². The van der Waals surface area contributed by atoms with E-state index in [4.69, 9.17) is 0 Å². The highest BCUT2D eigenvalue weighted by Crippen LogP contribution is 2.17. The van der Waals surface area contributed by atoms with Crippen molar-refractivity contribution in [3.8, 4) is 0 Å². The summed E-state index contributed by atoms with van der Waals surface area (Å²) in [4.78, 5) is 35.6. The lowest BCUT2D eigenvalue weighted by Crippen LogP contribution is -2.11. The van der Waals surface area contributed by atoms with Gasteiger partial charge >= 0.3 is 6.03 Å². The van der Waals surface area contributed by atoms with Gasteiger partial charge in [-0.15, -0.1) is 11.8 Å². The van der Waals surface area contributed by atoms with Crippen molar-refractivity contribution in [1.82, 2.24) is 0 Å². The molecule has 8 heteroatoms. The van der Waals surface area contributed by atoms with E-state index in [0.717, 1.165) is 19.3 Å². The number of nitrogens with zero attached hydrogens (tertiary/aromatic N) is 3. The molecule has 1 aromatic rings. The smallest absolute Gasteiger partial charge is 0.303 e. The molecule has 1 N–H and O–H groups in total. The van der Waals surface area contributed by atoms with E-state index in [-0.39, 0.29) is 17.2 Å². The van der Waals surface area contributed by atoms with Crippen LogP contribution in [-0.2, 0) is 4.79 Å². The Morgan fingerprint density at radius 1 is 1.25 bits per heavy atom. The van der Waals surface area contributed by atoms with Gasteiger partial charge < -0.3 is 5.32 Å². The molecular formula is C20H27FN4O2S. The number of carbonyl (C=O) groups is 2. The topological polar surface area (TPSA) is 83.2 Å². The summed E-state index contributed by atoms with van der Waals surface area (Å²) in [6.07, 6.45) is 4.82. The summed E-state index contributed by atoms with van der Waals surface area (Å²) in [7, 11) is 1.59. The summed E-state index contributed by atoms with van der Waals surface area (Å²) in [5, 5.41) is 2.86. The maximum atomic E-state index is 14.4. The molecule has 0 saturated heterocycles. The molecule has 6 nitrogen and oxygen atoms in total. The molecule has 0 heterocycles. The third-order valence-corrected chi connectivity index (χ3v) is 4.52. The van der Waals surface area contributed by atoms with E-state index in [2.05, 4.69) is 20.3 Å². The number of urea groups is 1. The zero-order valence-corrected chi connectivity index (χ0v) is 17.6. The van der Waals surface area contributed by atoms with Crippen molar-refractivity contribution < 1.29 is 14.0 Å². The Morgan fingerprint density at radius 3 is 2.61 bits per heavy atom. The molecule has 1 aromatic carbocycles. The number of amidine groups is 1. The van der Waals surface area contributed by atoms with Crippen LogP contribution in [0.15, 0.2) is 33.2 Å². The number of nitrogens with one attached hydrogen (secondary N) is 1. The number of anilines is 1. The number of aliphatic imine (C=N–C) groups is 3. The minimum absolute atomic E-state index is 0.0188. The molecule has 0 aliphatic carbocycles. The number of benzene rings is 1. The Labute approximate surface area is 169 Å². The minimum atomic E-state index is -0.690. The first-order chi connectivity index (χ1) is 13.4. The first-order valence-electron chi connectivity index (χ1n) is 9.21. The van der Waals surface area contributed by atoms with Gasteiger partial charge in [-0.25, -0.2) is 14.2 Å². The second-order valence-corrected chi connectivity index (χ2v) is 7.15. The van der Waals surface area contributed by atoms with Gasteiger partial charge in [0, 0.05) is 25.2 Å². The molecule has 28 heavy (non-hydrogen) atoms. The van der Waals surface area contributed by atoms with Gasteiger partial charge in [0.15, 0.2) is 5.84 Å². The van der Waals surface area contributed by atoms with Crippen molar-refractivity contribution in [3.63, 3.8) is 0 Å². The standard InChI is InChI=1S/C20H27FN4O2S/c1-5-7-11-23-19(22-4)15-9-10-18(17(21)12-15)25-20(27)24-14(3)28-13-16(26)8-6-2/h9-12H,5-8,13H2,1-4H3,(H,25,27)/b22-19?,23-11?,24-14-. The summed E-state index contributed by atoms with van der Waals surface area (Å²) in [5.74, 6) is 0.208. The van der Waals surface area contributed by atoms with Crippen molar-refractivity contribution in [2.45, 2.75) is 46.5 Å². The van der Waals surface area contributed by atoms with E-state index >= 15 is 0 Å². The van der Waals surface area contributed by atoms with E-state index < -0.39 is 11.8 Å². The van der Waals surface area contributed by atoms with Crippen LogP contribution in [0, 0.1) is 5.82 Å². The first-order valence-corrected chi connectivity index (χ1v) is 10.2. The number of thioether (sulfide) groups is 1. The molecule has 0 radical (unpaired) electrons. The zero-order valence-electron chi connectivity index (χ0n) is 16.8. The highest BCUT2D eigenvalue weighted by molar-refractivity contribution is 8.14. The number of rotatable bonds is 8. The van der Waals surface area contributed by atoms with Crippen LogP contribution in [0.3, 0.4) is 0 Å².